The number of aromatic amines is 1. The van der Waals surface area contributed by atoms with Crippen molar-refractivity contribution >= 4 is 14.6 Å². The number of H-pyrrole nitrogens is 1. The Labute approximate surface area is 77.6 Å². The molecule has 0 spiro atoms. The number of hydrogen-bond acceptors (Lipinski definition) is 3. The van der Waals surface area contributed by atoms with E-state index >= 15 is 0 Å². The van der Waals surface area contributed by atoms with E-state index in [4.69, 9.17) is 5.73 Å². The van der Waals surface area contributed by atoms with Crippen LogP contribution in [-0.4, -0.2) is 18.8 Å². The van der Waals surface area contributed by atoms with Crippen LogP contribution in [0.3, 0.4) is 0 Å². The first-order valence-corrected chi connectivity index (χ1v) is 7.40. The first kappa shape index (κ1) is 11.8. The topological polar surface area (TPSA) is 71.8 Å². The second-order valence-corrected chi connectivity index (χ2v) is 6.63. The van der Waals surface area contributed by atoms with E-state index in [1.165, 1.54) is 0 Å². The van der Waals surface area contributed by atoms with Crippen molar-refractivity contribution in [3.05, 3.63) is 22.5 Å². The van der Waals surface area contributed by atoms with Gasteiger partial charge in [-0.25, -0.2) is 9.18 Å². The number of aromatic nitrogens is 2. The van der Waals surface area contributed by atoms with Gasteiger partial charge in [-0.15, -0.1) is 0 Å². The average Bonchev–Trinajstić information content (AvgIpc) is 1.96. The van der Waals surface area contributed by atoms with Crippen molar-refractivity contribution in [2.75, 3.05) is 5.73 Å². The third-order valence-electron chi connectivity index (χ3n) is 0.789. The average molecular weight is 203 g/mol. The third-order valence-corrected chi connectivity index (χ3v) is 0.789. The van der Waals surface area contributed by atoms with E-state index in [0.29, 0.717) is 0 Å². The van der Waals surface area contributed by atoms with Gasteiger partial charge >= 0.3 is 5.69 Å². The van der Waals surface area contributed by atoms with Crippen LogP contribution in [-0.2, 0) is 0 Å². The molecule has 1 aromatic rings. The lowest BCUT2D eigenvalue weighted by Gasteiger charge is -1.88. The zero-order chi connectivity index (χ0) is 10.4. The minimum absolute atomic E-state index is 0.139. The Morgan fingerprint density at radius 2 is 2.00 bits per heavy atom. The summed E-state index contributed by atoms with van der Waals surface area (Å²) in [4.78, 5) is 15.3. The molecule has 0 aromatic carbocycles. The van der Waals surface area contributed by atoms with Gasteiger partial charge in [-0.3, -0.25) is 0 Å². The van der Waals surface area contributed by atoms with Gasteiger partial charge in [-0.1, -0.05) is 19.6 Å². The molecule has 0 saturated heterocycles. The van der Waals surface area contributed by atoms with Crippen molar-refractivity contribution in [2.24, 2.45) is 0 Å². The molecule has 1 aromatic heterocycles. The summed E-state index contributed by atoms with van der Waals surface area (Å²) in [5, 5.41) is 0. The lowest BCUT2D eigenvalue weighted by molar-refractivity contribution is 0.617. The molecule has 13 heavy (non-hydrogen) atoms. The summed E-state index contributed by atoms with van der Waals surface area (Å²) in [5.41, 5.74) is 4.27. The highest BCUT2D eigenvalue weighted by Crippen LogP contribution is 1.96. The highest BCUT2D eigenvalue weighted by Gasteiger charge is 1.96. The van der Waals surface area contributed by atoms with Crippen molar-refractivity contribution < 1.29 is 4.39 Å². The molecule has 0 aliphatic rings. The molecular formula is C7H14FN3OSi. The second-order valence-electron chi connectivity index (χ2n) is 3.17. The number of rotatable bonds is 0. The van der Waals surface area contributed by atoms with Crippen molar-refractivity contribution in [3.8, 4) is 0 Å². The molecule has 4 nitrogen and oxygen atoms in total. The number of nitrogens with one attached hydrogen (secondary N) is 1. The Kier molecular flexibility index (Phi) is 4.98. The summed E-state index contributed by atoms with van der Waals surface area (Å²) in [6, 6.07) is 0. The Hall–Kier alpha value is -1.17. The molecule has 6 heteroatoms. The van der Waals surface area contributed by atoms with E-state index in [1.807, 2.05) is 4.98 Å². The Bertz CT molecular complexity index is 310. The molecule has 0 aliphatic carbocycles. The minimum Gasteiger partial charge on any atom is -0.381 e. The normalized spacial score (nSPS) is 9.31. The van der Waals surface area contributed by atoms with Crippen LogP contribution < -0.4 is 11.4 Å². The largest absolute Gasteiger partial charge is 0.381 e. The van der Waals surface area contributed by atoms with E-state index in [2.05, 4.69) is 24.6 Å². The standard InChI is InChI=1S/C4H4FN3O.C3H10Si/c5-2-1-7-4(9)8-3(2)6;1-4(2)3/h1H,(H3,6,7,8,9);4H,1-3H3. The Morgan fingerprint density at radius 3 is 2.31 bits per heavy atom. The Morgan fingerprint density at radius 1 is 1.54 bits per heavy atom. The highest BCUT2D eigenvalue weighted by atomic mass is 28.3. The van der Waals surface area contributed by atoms with Gasteiger partial charge in [-0.05, 0) is 0 Å². The molecule has 74 valence electrons. The van der Waals surface area contributed by atoms with Crippen molar-refractivity contribution in [3.63, 3.8) is 0 Å². The van der Waals surface area contributed by atoms with Gasteiger partial charge in [0.1, 0.15) is 0 Å². The predicted octanol–water partition coefficient (Wildman–Crippen LogP) is 0.594. The smallest absolute Gasteiger partial charge is 0.347 e. The second kappa shape index (κ2) is 5.47. The van der Waals surface area contributed by atoms with Crippen LogP contribution in [0, 0.1) is 5.82 Å². The fourth-order valence-corrected chi connectivity index (χ4v) is 0.394. The molecule has 0 bridgehead atoms. The van der Waals surface area contributed by atoms with Crippen LogP contribution in [0.5, 0.6) is 0 Å². The summed E-state index contributed by atoms with van der Waals surface area (Å²) >= 11 is 0. The fraction of sp³-hybridized carbons (Fsp3) is 0.429. The molecule has 1 rings (SSSR count). The summed E-state index contributed by atoms with van der Waals surface area (Å²) in [6.45, 7) is 6.92. The number of anilines is 1. The van der Waals surface area contributed by atoms with Gasteiger partial charge in [-0.2, -0.15) is 4.98 Å². The Balaban J connectivity index is 0.000000310. The van der Waals surface area contributed by atoms with Crippen LogP contribution in [0.4, 0.5) is 10.2 Å². The molecule has 0 aliphatic heterocycles. The lowest BCUT2D eigenvalue weighted by atomic mass is 10.6. The maximum Gasteiger partial charge on any atom is 0.347 e. The molecule has 0 radical (unpaired) electrons. The van der Waals surface area contributed by atoms with Gasteiger partial charge < -0.3 is 10.7 Å². The summed E-state index contributed by atoms with van der Waals surface area (Å²) in [6.07, 6.45) is 0.866. The first-order chi connectivity index (χ1) is 5.93. The molecule has 0 unspecified atom stereocenters. The monoisotopic (exact) mass is 203 g/mol. The van der Waals surface area contributed by atoms with Crippen molar-refractivity contribution in [1.29, 1.82) is 0 Å². The zero-order valence-electron chi connectivity index (χ0n) is 7.97. The van der Waals surface area contributed by atoms with Crippen LogP contribution in [0.1, 0.15) is 0 Å². The molecule has 0 fully saturated rings. The number of halogens is 1. The quantitative estimate of drug-likeness (QED) is 0.606. The third kappa shape index (κ3) is 6.03. The number of hydrogen-bond donors (Lipinski definition) is 2. The van der Waals surface area contributed by atoms with E-state index < -0.39 is 11.5 Å². The van der Waals surface area contributed by atoms with E-state index in [-0.39, 0.29) is 14.6 Å². The molecule has 0 atom stereocenters. The molecule has 0 amide bonds. The van der Waals surface area contributed by atoms with Crippen LogP contribution >= 0.6 is 0 Å². The maximum atomic E-state index is 12.1. The lowest BCUT2D eigenvalue weighted by Crippen LogP contribution is -2.12. The maximum absolute atomic E-state index is 12.1. The van der Waals surface area contributed by atoms with Crippen molar-refractivity contribution in [2.45, 2.75) is 19.6 Å². The van der Waals surface area contributed by atoms with E-state index in [0.717, 1.165) is 6.20 Å². The van der Waals surface area contributed by atoms with Gasteiger partial charge in [0.15, 0.2) is 11.6 Å². The number of nitrogen functional groups attached to an aromatic ring is 1. The van der Waals surface area contributed by atoms with Gasteiger partial charge in [0, 0.05) is 15.0 Å². The zero-order valence-corrected chi connectivity index (χ0v) is 9.12. The molecule has 3 N–H and O–H groups in total. The van der Waals surface area contributed by atoms with Crippen molar-refractivity contribution in [1.82, 2.24) is 9.97 Å². The molecule has 0 saturated carbocycles. The summed E-state index contributed by atoms with van der Waals surface area (Å²) in [5.74, 6) is -1.09. The van der Waals surface area contributed by atoms with Gasteiger partial charge in [0.2, 0.25) is 0 Å². The minimum atomic E-state index is -0.713. The van der Waals surface area contributed by atoms with Gasteiger partial charge in [0.25, 0.3) is 0 Å². The van der Waals surface area contributed by atoms with Gasteiger partial charge in [0.05, 0.1) is 0 Å². The van der Waals surface area contributed by atoms with Crippen LogP contribution in [0.25, 0.3) is 0 Å². The SMILES string of the molecule is C[SiH](C)C.Nc1nc(=O)[nH]cc1F. The highest BCUT2D eigenvalue weighted by molar-refractivity contribution is 6.54. The van der Waals surface area contributed by atoms with Crippen LogP contribution in [0.15, 0.2) is 11.0 Å². The number of nitrogens with two attached hydrogens (primary N) is 1. The van der Waals surface area contributed by atoms with Crippen LogP contribution in [0.2, 0.25) is 19.6 Å². The molecule has 1 heterocycles. The fourth-order valence-electron chi connectivity index (χ4n) is 0.394. The first-order valence-electron chi connectivity index (χ1n) is 3.94. The summed E-state index contributed by atoms with van der Waals surface area (Å²) < 4.78 is 12.1. The summed E-state index contributed by atoms with van der Waals surface area (Å²) in [7, 11) is -0.139. The molecular weight excluding hydrogens is 189 g/mol. The van der Waals surface area contributed by atoms with E-state index in [1.54, 1.807) is 0 Å². The predicted molar refractivity (Wildman–Crippen MR) is 54.0 cm³/mol. The number of nitrogens with zero attached hydrogens (tertiary/aromatic N) is 1. The van der Waals surface area contributed by atoms with E-state index in [9.17, 15) is 9.18 Å².